The van der Waals surface area contributed by atoms with E-state index in [1.807, 2.05) is 26.0 Å². The molecular weight excluding hydrogens is 432 g/mol. The zero-order valence-corrected chi connectivity index (χ0v) is 18.0. The van der Waals surface area contributed by atoms with E-state index in [9.17, 15) is 12.6 Å². The number of ether oxygens (including phenoxy) is 1. The van der Waals surface area contributed by atoms with Crippen LogP contribution in [0.15, 0.2) is 45.5 Å². The van der Waals surface area contributed by atoms with Gasteiger partial charge in [-0.05, 0) is 55.7 Å². The van der Waals surface area contributed by atoms with Crippen LogP contribution in [0.2, 0.25) is 0 Å². The fourth-order valence-electron chi connectivity index (χ4n) is 2.42. The van der Waals surface area contributed by atoms with E-state index in [0.717, 1.165) is 22.4 Å². The van der Waals surface area contributed by atoms with Crippen LogP contribution in [0.25, 0.3) is 0 Å². The molecule has 0 spiro atoms. The molecule has 166 valence electrons. The standard InChI is InChI=1S/C18H22N2O7S2.CH4/c1-12-9-14(3)18(25-4)11-17(12)20-19-16-6-5-15(10-13(16)2)28(21)26-7-8-27-29(22,23)24;/h5-6,9-11H,7-8H2,1-4H3,(H,22,23,24);1H4. The van der Waals surface area contributed by atoms with Crippen LogP contribution in [-0.4, -0.2) is 37.5 Å². The van der Waals surface area contributed by atoms with Gasteiger partial charge in [0, 0.05) is 6.07 Å². The van der Waals surface area contributed by atoms with Gasteiger partial charge in [-0.1, -0.05) is 13.5 Å². The van der Waals surface area contributed by atoms with Gasteiger partial charge in [0.25, 0.3) is 0 Å². The minimum absolute atomic E-state index is 0. The van der Waals surface area contributed by atoms with Gasteiger partial charge in [0.05, 0.1) is 36.6 Å². The van der Waals surface area contributed by atoms with Crippen molar-refractivity contribution in [2.45, 2.75) is 33.1 Å². The first-order valence-electron chi connectivity index (χ1n) is 8.45. The lowest BCUT2D eigenvalue weighted by molar-refractivity contribution is 0.212. The van der Waals surface area contributed by atoms with Gasteiger partial charge >= 0.3 is 10.4 Å². The second-order valence-electron chi connectivity index (χ2n) is 6.06. The summed E-state index contributed by atoms with van der Waals surface area (Å²) in [7, 11) is -2.95. The van der Waals surface area contributed by atoms with Crippen LogP contribution in [0, 0.1) is 20.8 Å². The smallest absolute Gasteiger partial charge is 0.397 e. The Morgan fingerprint density at radius 2 is 1.60 bits per heavy atom. The Bertz CT molecular complexity index is 1040. The Kier molecular flexibility index (Phi) is 9.72. The molecule has 0 aliphatic rings. The lowest BCUT2D eigenvalue weighted by Crippen LogP contribution is -2.11. The highest BCUT2D eigenvalue weighted by Crippen LogP contribution is 2.30. The van der Waals surface area contributed by atoms with Gasteiger partial charge in [-0.3, -0.25) is 8.74 Å². The normalized spacial score (nSPS) is 12.6. The van der Waals surface area contributed by atoms with Crippen molar-refractivity contribution in [3.63, 3.8) is 0 Å². The third-order valence-electron chi connectivity index (χ3n) is 3.85. The molecule has 30 heavy (non-hydrogen) atoms. The maximum Gasteiger partial charge on any atom is 0.397 e. The fourth-order valence-corrected chi connectivity index (χ4v) is 3.50. The van der Waals surface area contributed by atoms with Gasteiger partial charge in [-0.15, -0.1) is 0 Å². The molecule has 0 bridgehead atoms. The minimum atomic E-state index is -4.55. The molecular formula is C19H26N2O7S2. The lowest BCUT2D eigenvalue weighted by Gasteiger charge is -2.08. The Labute approximate surface area is 179 Å². The van der Waals surface area contributed by atoms with Gasteiger partial charge in [-0.2, -0.15) is 18.6 Å². The predicted octanol–water partition coefficient (Wildman–Crippen LogP) is 4.53. The molecule has 0 amide bonds. The van der Waals surface area contributed by atoms with E-state index in [-0.39, 0.29) is 14.0 Å². The molecule has 0 saturated carbocycles. The summed E-state index contributed by atoms with van der Waals surface area (Å²) in [6, 6.07) is 8.65. The lowest BCUT2D eigenvalue weighted by atomic mass is 10.1. The van der Waals surface area contributed by atoms with Crippen molar-refractivity contribution in [3.8, 4) is 5.75 Å². The molecule has 0 fully saturated rings. The number of hydrogen-bond acceptors (Lipinski definition) is 8. The summed E-state index contributed by atoms with van der Waals surface area (Å²) in [5.74, 6) is 0.724. The molecule has 0 heterocycles. The maximum absolute atomic E-state index is 12.1. The fraction of sp³-hybridized carbons (Fsp3) is 0.368. The van der Waals surface area contributed by atoms with E-state index in [2.05, 4.69) is 14.4 Å². The minimum Gasteiger partial charge on any atom is -0.496 e. The molecule has 0 radical (unpaired) electrons. The second-order valence-corrected chi connectivity index (χ2v) is 8.33. The Hall–Kier alpha value is -2.18. The highest BCUT2D eigenvalue weighted by molar-refractivity contribution is 7.81. The van der Waals surface area contributed by atoms with E-state index in [1.54, 1.807) is 32.2 Å². The molecule has 11 heteroatoms. The third-order valence-corrected chi connectivity index (χ3v) is 5.33. The molecule has 1 N–H and O–H groups in total. The summed E-state index contributed by atoms with van der Waals surface area (Å²) in [6.45, 7) is 4.95. The Morgan fingerprint density at radius 3 is 2.20 bits per heavy atom. The van der Waals surface area contributed by atoms with Crippen LogP contribution in [0.3, 0.4) is 0 Å². The molecule has 2 aromatic carbocycles. The van der Waals surface area contributed by atoms with E-state index < -0.39 is 28.1 Å². The van der Waals surface area contributed by atoms with Crippen LogP contribution in [-0.2, 0) is 29.8 Å². The molecule has 0 aromatic heterocycles. The molecule has 0 aliphatic carbocycles. The van der Waals surface area contributed by atoms with Crippen LogP contribution < -0.4 is 4.74 Å². The molecule has 1 unspecified atom stereocenters. The largest absolute Gasteiger partial charge is 0.496 e. The second kappa shape index (κ2) is 11.3. The molecule has 0 aliphatic heterocycles. The number of hydrogen-bond donors (Lipinski definition) is 1. The van der Waals surface area contributed by atoms with Gasteiger partial charge in [-0.25, -0.2) is 8.39 Å². The maximum atomic E-state index is 12.1. The number of rotatable bonds is 9. The average molecular weight is 459 g/mol. The zero-order chi connectivity index (χ0) is 21.6. The molecule has 1 atom stereocenters. The van der Waals surface area contributed by atoms with Crippen molar-refractivity contribution in [2.75, 3.05) is 20.3 Å². The predicted molar refractivity (Wildman–Crippen MR) is 114 cm³/mol. The van der Waals surface area contributed by atoms with Crippen molar-refractivity contribution < 1.29 is 30.3 Å². The van der Waals surface area contributed by atoms with Gasteiger partial charge < -0.3 is 4.74 Å². The summed E-state index contributed by atoms with van der Waals surface area (Å²) < 4.78 is 55.9. The number of nitrogens with zero attached hydrogens (tertiary/aromatic N) is 2. The summed E-state index contributed by atoms with van der Waals surface area (Å²) in [4.78, 5) is 0.376. The van der Waals surface area contributed by atoms with Crippen molar-refractivity contribution in [1.29, 1.82) is 0 Å². The van der Waals surface area contributed by atoms with Gasteiger partial charge in [0.15, 0.2) is 11.1 Å². The van der Waals surface area contributed by atoms with Crippen molar-refractivity contribution in [3.05, 3.63) is 47.0 Å². The average Bonchev–Trinajstić information content (AvgIpc) is 2.64. The molecule has 2 aromatic rings. The van der Waals surface area contributed by atoms with Crippen LogP contribution in [0.1, 0.15) is 24.1 Å². The summed E-state index contributed by atoms with van der Waals surface area (Å²) >= 11 is -1.83. The first kappa shape index (κ1) is 25.9. The van der Waals surface area contributed by atoms with Gasteiger partial charge in [0.2, 0.25) is 0 Å². The third kappa shape index (κ3) is 7.58. The van der Waals surface area contributed by atoms with Crippen LogP contribution in [0.4, 0.5) is 11.4 Å². The monoisotopic (exact) mass is 458 g/mol. The van der Waals surface area contributed by atoms with Crippen molar-refractivity contribution in [1.82, 2.24) is 0 Å². The quantitative estimate of drug-likeness (QED) is 0.332. The van der Waals surface area contributed by atoms with E-state index >= 15 is 0 Å². The SMILES string of the molecule is C.COc1cc(N=Nc2ccc(S(=O)OCCOS(=O)(=O)O)cc2C)c(C)cc1C. The van der Waals surface area contributed by atoms with Crippen molar-refractivity contribution >= 4 is 32.9 Å². The summed E-state index contributed by atoms with van der Waals surface area (Å²) in [5.41, 5.74) is 3.98. The highest BCUT2D eigenvalue weighted by Gasteiger charge is 2.10. The number of benzene rings is 2. The van der Waals surface area contributed by atoms with Crippen LogP contribution in [0.5, 0.6) is 5.75 Å². The topological polar surface area (TPSA) is 124 Å². The van der Waals surface area contributed by atoms with E-state index in [1.165, 1.54) is 0 Å². The molecule has 9 nitrogen and oxygen atoms in total. The van der Waals surface area contributed by atoms with E-state index in [4.69, 9.17) is 13.5 Å². The van der Waals surface area contributed by atoms with Crippen molar-refractivity contribution in [2.24, 2.45) is 10.2 Å². The number of aryl methyl sites for hydroxylation is 3. The first-order chi connectivity index (χ1) is 13.6. The Morgan fingerprint density at radius 1 is 0.967 bits per heavy atom. The number of methoxy groups -OCH3 is 1. The highest BCUT2D eigenvalue weighted by atomic mass is 32.3. The first-order valence-corrected chi connectivity index (χ1v) is 10.9. The molecule has 0 saturated heterocycles. The Balaban J connectivity index is 0.00000450. The van der Waals surface area contributed by atoms with Crippen LogP contribution >= 0.6 is 0 Å². The zero-order valence-electron chi connectivity index (χ0n) is 16.4. The number of azo groups is 1. The molecule has 2 rings (SSSR count). The van der Waals surface area contributed by atoms with Gasteiger partial charge in [0.1, 0.15) is 5.75 Å². The van der Waals surface area contributed by atoms with E-state index in [0.29, 0.717) is 16.3 Å². The summed E-state index contributed by atoms with van der Waals surface area (Å²) in [5, 5.41) is 8.55. The summed E-state index contributed by atoms with van der Waals surface area (Å²) in [6.07, 6.45) is 0.